The molecule has 0 fully saturated rings. The van der Waals surface area contributed by atoms with E-state index in [1.807, 2.05) is 18.2 Å². The van der Waals surface area contributed by atoms with Gasteiger partial charge in [-0.2, -0.15) is 0 Å². The van der Waals surface area contributed by atoms with E-state index in [0.29, 0.717) is 6.61 Å². The lowest BCUT2D eigenvalue weighted by atomic mass is 10.3. The fraction of sp³-hybridized carbons (Fsp3) is 0.333. The molecule has 0 saturated heterocycles. The molecular weight excluding hydrogens is 300 g/mol. The monoisotopic (exact) mass is 308 g/mol. The zero-order valence-electron chi connectivity index (χ0n) is 7.13. The molecule has 4 heteroatoms. The van der Waals surface area contributed by atoms with E-state index in [0.717, 1.165) is 14.7 Å². The molecule has 0 aliphatic heterocycles. The summed E-state index contributed by atoms with van der Waals surface area (Å²) in [5.74, 6) is 0.740. The third-order valence-corrected chi connectivity index (χ3v) is 2.49. The maximum Gasteiger partial charge on any atom is 0.133 e. The third-order valence-electron chi connectivity index (χ3n) is 1.37. The van der Waals surface area contributed by atoms with Crippen LogP contribution in [0.1, 0.15) is 6.92 Å². The maximum absolute atomic E-state index is 9.01. The van der Waals surface area contributed by atoms with Crippen LogP contribution in [0.5, 0.6) is 5.75 Å². The zero-order chi connectivity index (χ0) is 9.84. The van der Waals surface area contributed by atoms with Crippen molar-refractivity contribution in [1.82, 2.24) is 0 Å². The molecule has 0 saturated carbocycles. The van der Waals surface area contributed by atoms with Crippen LogP contribution >= 0.6 is 31.9 Å². The van der Waals surface area contributed by atoms with Crippen molar-refractivity contribution in [2.24, 2.45) is 0 Å². The molecule has 0 aliphatic carbocycles. The smallest absolute Gasteiger partial charge is 0.133 e. The lowest BCUT2D eigenvalue weighted by Crippen LogP contribution is -2.12. The first-order valence-electron chi connectivity index (χ1n) is 3.85. The quantitative estimate of drug-likeness (QED) is 0.930. The molecule has 1 unspecified atom stereocenters. The molecule has 72 valence electrons. The molecule has 2 nitrogen and oxygen atoms in total. The zero-order valence-corrected chi connectivity index (χ0v) is 10.3. The molecule has 1 aromatic carbocycles. The van der Waals surface area contributed by atoms with Gasteiger partial charge in [0.05, 0.1) is 10.6 Å². The van der Waals surface area contributed by atoms with E-state index in [2.05, 4.69) is 31.9 Å². The first-order chi connectivity index (χ1) is 6.09. The van der Waals surface area contributed by atoms with Crippen LogP contribution in [0.3, 0.4) is 0 Å². The first kappa shape index (κ1) is 11.0. The van der Waals surface area contributed by atoms with Gasteiger partial charge in [-0.1, -0.05) is 15.9 Å². The molecule has 0 aliphatic rings. The van der Waals surface area contributed by atoms with Crippen molar-refractivity contribution in [1.29, 1.82) is 0 Å². The largest absolute Gasteiger partial charge is 0.490 e. The third kappa shape index (κ3) is 3.67. The summed E-state index contributed by atoms with van der Waals surface area (Å²) in [5.41, 5.74) is 0. The summed E-state index contributed by atoms with van der Waals surface area (Å²) in [5, 5.41) is 9.01. The number of aliphatic hydroxyl groups is 1. The van der Waals surface area contributed by atoms with Gasteiger partial charge in [0.2, 0.25) is 0 Å². The Balaban J connectivity index is 2.67. The Kier molecular flexibility index (Phi) is 4.22. The molecule has 1 atom stereocenters. The van der Waals surface area contributed by atoms with Crippen LogP contribution < -0.4 is 4.74 Å². The molecule has 1 aromatic rings. The molecule has 0 bridgehead atoms. The van der Waals surface area contributed by atoms with Gasteiger partial charge in [-0.05, 0) is 41.1 Å². The van der Waals surface area contributed by atoms with Gasteiger partial charge < -0.3 is 9.84 Å². The van der Waals surface area contributed by atoms with Crippen molar-refractivity contribution in [2.75, 3.05) is 6.61 Å². The second kappa shape index (κ2) is 4.98. The van der Waals surface area contributed by atoms with Crippen molar-refractivity contribution in [3.8, 4) is 5.75 Å². The van der Waals surface area contributed by atoms with E-state index in [-0.39, 0.29) is 0 Å². The molecule has 1 rings (SSSR count). The molecule has 1 N–H and O–H groups in total. The van der Waals surface area contributed by atoms with Crippen molar-refractivity contribution in [3.63, 3.8) is 0 Å². The van der Waals surface area contributed by atoms with Crippen LogP contribution in [-0.2, 0) is 0 Å². The van der Waals surface area contributed by atoms with Crippen molar-refractivity contribution < 1.29 is 9.84 Å². The van der Waals surface area contributed by atoms with E-state index in [1.165, 1.54) is 0 Å². The van der Waals surface area contributed by atoms with Crippen LogP contribution in [0.2, 0.25) is 0 Å². The highest BCUT2D eigenvalue weighted by Crippen LogP contribution is 2.28. The Bertz CT molecular complexity index is 287. The van der Waals surface area contributed by atoms with E-state index in [9.17, 15) is 0 Å². The van der Waals surface area contributed by atoms with Crippen molar-refractivity contribution in [3.05, 3.63) is 27.1 Å². The molecule has 0 radical (unpaired) electrons. The van der Waals surface area contributed by atoms with E-state index in [1.54, 1.807) is 6.92 Å². The Morgan fingerprint density at radius 2 is 2.15 bits per heavy atom. The Hall–Kier alpha value is -0.0600. The molecule has 0 heterocycles. The van der Waals surface area contributed by atoms with E-state index >= 15 is 0 Å². The number of hydrogen-bond donors (Lipinski definition) is 1. The number of ether oxygens (including phenoxy) is 1. The number of rotatable bonds is 3. The van der Waals surface area contributed by atoms with E-state index in [4.69, 9.17) is 9.84 Å². The summed E-state index contributed by atoms with van der Waals surface area (Å²) in [6.07, 6.45) is -0.449. The fourth-order valence-corrected chi connectivity index (χ4v) is 1.96. The fourth-order valence-electron chi connectivity index (χ4n) is 0.803. The lowest BCUT2D eigenvalue weighted by Gasteiger charge is -2.09. The van der Waals surface area contributed by atoms with Crippen molar-refractivity contribution >= 4 is 31.9 Å². The predicted octanol–water partition coefficient (Wildman–Crippen LogP) is 2.97. The average Bonchev–Trinajstić information content (AvgIpc) is 2.02. The first-order valence-corrected chi connectivity index (χ1v) is 5.44. The summed E-state index contributed by atoms with van der Waals surface area (Å²) >= 11 is 6.70. The molecule has 13 heavy (non-hydrogen) atoms. The van der Waals surface area contributed by atoms with Gasteiger partial charge >= 0.3 is 0 Å². The van der Waals surface area contributed by atoms with Gasteiger partial charge in [-0.25, -0.2) is 0 Å². The van der Waals surface area contributed by atoms with Gasteiger partial charge in [-0.15, -0.1) is 0 Å². The summed E-state index contributed by atoms with van der Waals surface area (Å²) < 4.78 is 7.20. The predicted molar refractivity (Wildman–Crippen MR) is 59.0 cm³/mol. The minimum Gasteiger partial charge on any atom is -0.490 e. The molecular formula is C9H10Br2O2. The summed E-state index contributed by atoms with van der Waals surface area (Å²) in [6, 6.07) is 5.63. The van der Waals surface area contributed by atoms with Crippen LogP contribution in [0, 0.1) is 0 Å². The number of halogens is 2. The Labute approximate surface area is 94.2 Å². The summed E-state index contributed by atoms with van der Waals surface area (Å²) in [4.78, 5) is 0. The van der Waals surface area contributed by atoms with Crippen molar-refractivity contribution in [2.45, 2.75) is 13.0 Å². The molecule has 0 aromatic heterocycles. The Morgan fingerprint density at radius 1 is 1.46 bits per heavy atom. The average molecular weight is 310 g/mol. The highest BCUT2D eigenvalue weighted by molar-refractivity contribution is 9.11. The van der Waals surface area contributed by atoms with Gasteiger partial charge in [0.1, 0.15) is 12.4 Å². The van der Waals surface area contributed by atoms with Gasteiger partial charge in [0.25, 0.3) is 0 Å². The van der Waals surface area contributed by atoms with Gasteiger partial charge in [0, 0.05) is 4.47 Å². The minimum absolute atomic E-state index is 0.306. The standard InChI is InChI=1S/C9H10Br2O2/c1-6(12)5-13-9-3-2-7(10)4-8(9)11/h2-4,6,12H,5H2,1H3. The lowest BCUT2D eigenvalue weighted by molar-refractivity contribution is 0.122. The maximum atomic E-state index is 9.01. The van der Waals surface area contributed by atoms with Crippen LogP contribution in [0.4, 0.5) is 0 Å². The normalized spacial score (nSPS) is 12.6. The second-order valence-corrected chi connectivity index (χ2v) is 4.50. The highest BCUT2D eigenvalue weighted by atomic mass is 79.9. The number of aliphatic hydroxyl groups excluding tert-OH is 1. The minimum atomic E-state index is -0.449. The Morgan fingerprint density at radius 3 is 2.69 bits per heavy atom. The SMILES string of the molecule is CC(O)COc1ccc(Br)cc1Br. The van der Waals surface area contributed by atoms with Crippen LogP contribution in [0.25, 0.3) is 0 Å². The second-order valence-electron chi connectivity index (χ2n) is 2.73. The summed E-state index contributed by atoms with van der Waals surface area (Å²) in [6.45, 7) is 1.99. The summed E-state index contributed by atoms with van der Waals surface area (Å²) in [7, 11) is 0. The van der Waals surface area contributed by atoms with Gasteiger partial charge in [0.15, 0.2) is 0 Å². The number of hydrogen-bond acceptors (Lipinski definition) is 2. The molecule has 0 amide bonds. The van der Waals surface area contributed by atoms with E-state index < -0.39 is 6.10 Å². The highest BCUT2D eigenvalue weighted by Gasteiger charge is 2.02. The van der Waals surface area contributed by atoms with Gasteiger partial charge in [-0.3, -0.25) is 0 Å². The number of benzene rings is 1. The van der Waals surface area contributed by atoms with Crippen LogP contribution in [-0.4, -0.2) is 17.8 Å². The molecule has 0 spiro atoms. The van der Waals surface area contributed by atoms with Crippen LogP contribution in [0.15, 0.2) is 27.1 Å². The topological polar surface area (TPSA) is 29.5 Å².